The van der Waals surface area contributed by atoms with Gasteiger partial charge < -0.3 is 4.74 Å². The Balaban J connectivity index is 2.67. The minimum absolute atomic E-state index is 0.163. The Kier molecular flexibility index (Phi) is 4.94. The largest absolute Gasteiger partial charge is 0.384 e. The molecule has 0 amide bonds. The van der Waals surface area contributed by atoms with Gasteiger partial charge in [-0.2, -0.15) is 0 Å². The van der Waals surface area contributed by atoms with Gasteiger partial charge in [-0.05, 0) is 5.56 Å². The highest BCUT2D eigenvalue weighted by molar-refractivity contribution is 6.18. The second kappa shape index (κ2) is 6.02. The Bertz CT molecular complexity index is 251. The van der Waals surface area contributed by atoms with Crippen LogP contribution in [0.3, 0.4) is 0 Å². The summed E-state index contributed by atoms with van der Waals surface area (Å²) in [6.45, 7) is 0.409. The van der Waals surface area contributed by atoms with Crippen LogP contribution >= 0.6 is 11.6 Å². The maximum atomic E-state index is 11.9. The van der Waals surface area contributed by atoms with Gasteiger partial charge in [0.2, 0.25) is 0 Å². The van der Waals surface area contributed by atoms with E-state index in [9.17, 15) is 5.11 Å². The highest BCUT2D eigenvalue weighted by atomic mass is 35.5. The molecule has 1 radical (unpaired) electrons. The lowest BCUT2D eigenvalue weighted by atomic mass is 9.98. The fraction of sp³-hybridized carbons (Fsp3) is 0.455. The van der Waals surface area contributed by atoms with Gasteiger partial charge in [-0.15, -0.1) is 11.6 Å². The van der Waals surface area contributed by atoms with Crippen molar-refractivity contribution in [1.29, 1.82) is 0 Å². The molecule has 0 saturated heterocycles. The average molecular weight is 214 g/mol. The number of halogens is 1. The van der Waals surface area contributed by atoms with Gasteiger partial charge >= 0.3 is 0 Å². The lowest BCUT2D eigenvalue weighted by Gasteiger charge is -2.17. The normalized spacial score (nSPS) is 15.1. The summed E-state index contributed by atoms with van der Waals surface area (Å²) in [4.78, 5) is 0. The van der Waals surface area contributed by atoms with Gasteiger partial charge in [0, 0.05) is 18.9 Å². The van der Waals surface area contributed by atoms with E-state index in [1.807, 2.05) is 30.3 Å². The van der Waals surface area contributed by atoms with E-state index in [0.717, 1.165) is 5.56 Å². The predicted octanol–water partition coefficient (Wildman–Crippen LogP) is 2.66. The summed E-state index contributed by atoms with van der Waals surface area (Å²) in [6.07, 6.45) is -0.798. The molecule has 1 aromatic carbocycles. The summed E-state index contributed by atoms with van der Waals surface area (Å²) in [5.74, 6) is 0.167. The van der Waals surface area contributed by atoms with Crippen LogP contribution in [-0.2, 0) is 9.84 Å². The fourth-order valence-corrected chi connectivity index (χ4v) is 1.59. The Morgan fingerprint density at radius 1 is 1.36 bits per heavy atom. The second-order valence-corrected chi connectivity index (χ2v) is 3.51. The number of hydrogen-bond donors (Lipinski definition) is 0. The van der Waals surface area contributed by atoms with Crippen LogP contribution in [0.4, 0.5) is 0 Å². The Labute approximate surface area is 89.5 Å². The van der Waals surface area contributed by atoms with Gasteiger partial charge in [0.05, 0.1) is 6.61 Å². The molecule has 1 rings (SSSR count). The maximum absolute atomic E-state index is 11.9. The molecular weight excluding hydrogens is 200 g/mol. The summed E-state index contributed by atoms with van der Waals surface area (Å²) in [7, 11) is 1.58. The van der Waals surface area contributed by atoms with Crippen LogP contribution < -0.4 is 0 Å². The number of methoxy groups -OCH3 is 1. The summed E-state index contributed by atoms with van der Waals surface area (Å²) < 4.78 is 4.95. The Morgan fingerprint density at radius 2 is 2.00 bits per heavy atom. The third kappa shape index (κ3) is 2.98. The first-order valence-corrected chi connectivity index (χ1v) is 5.08. The van der Waals surface area contributed by atoms with Gasteiger partial charge in [0.15, 0.2) is 0 Å². The van der Waals surface area contributed by atoms with E-state index in [1.165, 1.54) is 0 Å². The summed E-state index contributed by atoms with van der Waals surface area (Å²) >= 11 is 5.71. The quantitative estimate of drug-likeness (QED) is 0.692. The molecule has 77 valence electrons. The van der Waals surface area contributed by atoms with E-state index in [0.29, 0.717) is 12.5 Å². The molecule has 1 unspecified atom stereocenters. The smallest absolute Gasteiger partial charge is 0.124 e. The highest BCUT2D eigenvalue weighted by Crippen LogP contribution is 2.23. The molecule has 0 aliphatic heterocycles. The SMILES string of the molecule is COCC(CCl)[C@@H]([O])c1ccccc1. The van der Waals surface area contributed by atoms with E-state index in [4.69, 9.17) is 16.3 Å². The third-order valence-electron chi connectivity index (χ3n) is 2.14. The van der Waals surface area contributed by atoms with Gasteiger partial charge in [0.1, 0.15) is 6.10 Å². The molecule has 0 spiro atoms. The molecule has 1 aromatic rings. The predicted molar refractivity (Wildman–Crippen MR) is 56.0 cm³/mol. The molecule has 0 N–H and O–H groups in total. The summed E-state index contributed by atoms with van der Waals surface area (Å²) in [5.41, 5.74) is 0.773. The van der Waals surface area contributed by atoms with Crippen LogP contribution in [0.5, 0.6) is 0 Å². The standard InChI is InChI=1S/C11H14ClO2/c1-14-8-10(7-12)11(13)9-5-3-2-4-6-9/h2-6,10-11H,7-8H2,1H3/t10?,11-/m0/s1. The summed E-state index contributed by atoms with van der Waals surface area (Å²) in [6, 6.07) is 9.26. The number of hydrogen-bond acceptors (Lipinski definition) is 1. The monoisotopic (exact) mass is 213 g/mol. The lowest BCUT2D eigenvalue weighted by Crippen LogP contribution is -2.18. The van der Waals surface area contributed by atoms with E-state index < -0.39 is 6.10 Å². The van der Waals surface area contributed by atoms with E-state index >= 15 is 0 Å². The summed E-state index contributed by atoms with van der Waals surface area (Å²) in [5, 5.41) is 11.9. The van der Waals surface area contributed by atoms with E-state index in [-0.39, 0.29) is 5.92 Å². The Morgan fingerprint density at radius 3 is 2.50 bits per heavy atom. The van der Waals surface area contributed by atoms with Gasteiger partial charge in [-0.25, -0.2) is 5.11 Å². The average Bonchev–Trinajstić information content (AvgIpc) is 2.26. The van der Waals surface area contributed by atoms with Crippen molar-refractivity contribution in [3.05, 3.63) is 35.9 Å². The molecule has 0 aliphatic carbocycles. The zero-order valence-corrected chi connectivity index (χ0v) is 8.91. The van der Waals surface area contributed by atoms with Crippen LogP contribution in [0.25, 0.3) is 0 Å². The molecule has 2 atom stereocenters. The molecule has 0 bridgehead atoms. The first-order valence-electron chi connectivity index (χ1n) is 4.55. The van der Waals surface area contributed by atoms with Crippen molar-refractivity contribution >= 4 is 11.6 Å². The van der Waals surface area contributed by atoms with Crippen molar-refractivity contribution in [2.75, 3.05) is 19.6 Å². The van der Waals surface area contributed by atoms with Crippen molar-refractivity contribution < 1.29 is 9.84 Å². The topological polar surface area (TPSA) is 29.1 Å². The van der Waals surface area contributed by atoms with Crippen molar-refractivity contribution in [1.82, 2.24) is 0 Å². The van der Waals surface area contributed by atoms with Crippen LogP contribution in [0, 0.1) is 5.92 Å². The first kappa shape index (κ1) is 11.5. The van der Waals surface area contributed by atoms with E-state index in [1.54, 1.807) is 7.11 Å². The van der Waals surface area contributed by atoms with Crippen molar-refractivity contribution in [2.45, 2.75) is 6.10 Å². The van der Waals surface area contributed by atoms with E-state index in [2.05, 4.69) is 0 Å². The fourth-order valence-electron chi connectivity index (χ4n) is 1.34. The molecule has 0 aliphatic rings. The second-order valence-electron chi connectivity index (χ2n) is 3.20. The Hall–Kier alpha value is -0.570. The molecule has 0 fully saturated rings. The molecule has 0 heterocycles. The van der Waals surface area contributed by atoms with Gasteiger partial charge in [-0.3, -0.25) is 0 Å². The minimum atomic E-state index is -0.798. The number of benzene rings is 1. The molecular formula is C11H14ClO2. The number of ether oxygens (including phenoxy) is 1. The lowest BCUT2D eigenvalue weighted by molar-refractivity contribution is 0.00891. The number of rotatable bonds is 5. The van der Waals surface area contributed by atoms with Crippen LogP contribution in [0.2, 0.25) is 0 Å². The van der Waals surface area contributed by atoms with Crippen LogP contribution in [0.15, 0.2) is 30.3 Å². The molecule has 14 heavy (non-hydrogen) atoms. The van der Waals surface area contributed by atoms with Crippen molar-refractivity contribution in [3.63, 3.8) is 0 Å². The van der Waals surface area contributed by atoms with Crippen molar-refractivity contribution in [2.24, 2.45) is 5.92 Å². The number of alkyl halides is 1. The molecule has 2 nitrogen and oxygen atoms in total. The molecule has 3 heteroatoms. The maximum Gasteiger partial charge on any atom is 0.124 e. The molecule has 0 saturated carbocycles. The highest BCUT2D eigenvalue weighted by Gasteiger charge is 2.21. The van der Waals surface area contributed by atoms with Gasteiger partial charge in [0.25, 0.3) is 0 Å². The minimum Gasteiger partial charge on any atom is -0.384 e. The van der Waals surface area contributed by atoms with Crippen molar-refractivity contribution in [3.8, 4) is 0 Å². The first-order chi connectivity index (χ1) is 6.79. The van der Waals surface area contributed by atoms with Gasteiger partial charge in [-0.1, -0.05) is 30.3 Å². The molecule has 0 aromatic heterocycles. The van der Waals surface area contributed by atoms with Crippen LogP contribution in [0.1, 0.15) is 11.7 Å². The third-order valence-corrected chi connectivity index (χ3v) is 2.53. The van der Waals surface area contributed by atoms with Crippen LogP contribution in [-0.4, -0.2) is 19.6 Å². The zero-order chi connectivity index (χ0) is 10.4. The zero-order valence-electron chi connectivity index (χ0n) is 8.15.